The van der Waals surface area contributed by atoms with E-state index in [1.54, 1.807) is 22.0 Å². The average molecular weight is 364 g/mol. The van der Waals surface area contributed by atoms with Crippen LogP contribution in [0.4, 0.5) is 0 Å². The lowest BCUT2D eigenvalue weighted by molar-refractivity contribution is -0.137. The average Bonchev–Trinajstić information content (AvgIpc) is 2.92. The van der Waals surface area contributed by atoms with E-state index in [4.69, 9.17) is 0 Å². The minimum atomic E-state index is -0.334. The molecule has 0 bridgehead atoms. The first kappa shape index (κ1) is 17.2. The number of carbonyl (C=O) groups is 1. The second kappa shape index (κ2) is 7.11. The zero-order valence-electron chi connectivity index (χ0n) is 13.8. The first-order valence-electron chi connectivity index (χ1n) is 7.90. The van der Waals surface area contributed by atoms with Crippen molar-refractivity contribution in [2.24, 2.45) is 5.92 Å². The molecule has 1 aliphatic carbocycles. The van der Waals surface area contributed by atoms with Gasteiger partial charge in [-0.3, -0.25) is 14.2 Å². The molecule has 7 heteroatoms. The Morgan fingerprint density at radius 3 is 3.08 bits per heavy atom. The number of rotatable bonds is 5. The van der Waals surface area contributed by atoms with Gasteiger partial charge in [0.25, 0.3) is 5.56 Å². The van der Waals surface area contributed by atoms with Gasteiger partial charge in [-0.2, -0.15) is 0 Å². The largest absolute Gasteiger partial charge is 0.468 e. The Balaban J connectivity index is 2.11. The lowest BCUT2D eigenvalue weighted by Crippen LogP contribution is -2.24. The van der Waals surface area contributed by atoms with Gasteiger partial charge in [0, 0.05) is 11.4 Å². The van der Waals surface area contributed by atoms with E-state index in [0.29, 0.717) is 17.6 Å². The summed E-state index contributed by atoms with van der Waals surface area (Å²) in [5, 5.41) is 1.30. The standard InChI is InChI=1S/C17H20N2O3S2/c1-4-7-19-16(21)14-11-6-5-10(2)8-12(11)24-15(14)18-17(19)23-9-13(20)22-3/h4,10H,1,5-9H2,2-3H3/t10-/m1/s1. The molecular weight excluding hydrogens is 344 g/mol. The molecule has 0 spiro atoms. The van der Waals surface area contributed by atoms with Crippen molar-refractivity contribution in [3.63, 3.8) is 0 Å². The lowest BCUT2D eigenvalue weighted by atomic mass is 9.89. The van der Waals surface area contributed by atoms with Crippen LogP contribution < -0.4 is 5.56 Å². The number of hydrogen-bond donors (Lipinski definition) is 0. The van der Waals surface area contributed by atoms with Crippen molar-refractivity contribution < 1.29 is 9.53 Å². The summed E-state index contributed by atoms with van der Waals surface area (Å²) in [6, 6.07) is 0. The fourth-order valence-electron chi connectivity index (χ4n) is 2.99. The van der Waals surface area contributed by atoms with Gasteiger partial charge in [-0.15, -0.1) is 17.9 Å². The first-order valence-corrected chi connectivity index (χ1v) is 9.71. The summed E-state index contributed by atoms with van der Waals surface area (Å²) in [5.41, 5.74) is 1.15. The summed E-state index contributed by atoms with van der Waals surface area (Å²) in [5.74, 6) is 0.446. The molecule has 2 aromatic rings. The van der Waals surface area contributed by atoms with Crippen molar-refractivity contribution in [1.29, 1.82) is 0 Å². The van der Waals surface area contributed by atoms with Gasteiger partial charge in [-0.25, -0.2) is 4.98 Å². The Labute approximate surface area is 148 Å². The quantitative estimate of drug-likeness (QED) is 0.353. The highest BCUT2D eigenvalue weighted by Gasteiger charge is 2.24. The molecule has 0 saturated heterocycles. The molecule has 0 saturated carbocycles. The molecule has 24 heavy (non-hydrogen) atoms. The van der Waals surface area contributed by atoms with Crippen molar-refractivity contribution >= 4 is 39.3 Å². The van der Waals surface area contributed by atoms with Crippen LogP contribution in [0.3, 0.4) is 0 Å². The zero-order valence-corrected chi connectivity index (χ0v) is 15.5. The van der Waals surface area contributed by atoms with Crippen molar-refractivity contribution in [2.45, 2.75) is 37.9 Å². The number of aromatic nitrogens is 2. The summed E-state index contributed by atoms with van der Waals surface area (Å²) >= 11 is 2.85. The van der Waals surface area contributed by atoms with Crippen LogP contribution in [-0.2, 0) is 28.9 Å². The Kier molecular flexibility index (Phi) is 5.10. The number of carbonyl (C=O) groups excluding carboxylic acids is 1. The maximum atomic E-state index is 13.0. The Bertz CT molecular complexity index is 854. The summed E-state index contributed by atoms with van der Waals surface area (Å²) < 4.78 is 6.28. The fourth-order valence-corrected chi connectivity index (χ4v) is 5.25. The number of methoxy groups -OCH3 is 1. The number of allylic oxidation sites excluding steroid dienone is 1. The molecular formula is C17H20N2O3S2. The number of nitrogens with zero attached hydrogens (tertiary/aromatic N) is 2. The number of thiophene rings is 1. The predicted octanol–water partition coefficient (Wildman–Crippen LogP) is 3.03. The van der Waals surface area contributed by atoms with Crippen molar-refractivity contribution in [2.75, 3.05) is 12.9 Å². The summed E-state index contributed by atoms with van der Waals surface area (Å²) in [7, 11) is 1.35. The molecule has 1 atom stereocenters. The highest BCUT2D eigenvalue weighted by Crippen LogP contribution is 2.36. The van der Waals surface area contributed by atoms with Crippen LogP contribution in [-0.4, -0.2) is 28.4 Å². The third-order valence-electron chi connectivity index (χ3n) is 4.24. The zero-order chi connectivity index (χ0) is 17.3. The third kappa shape index (κ3) is 3.15. The number of fused-ring (bicyclic) bond motifs is 3. The molecule has 2 aromatic heterocycles. The van der Waals surface area contributed by atoms with Crippen LogP contribution >= 0.6 is 23.1 Å². The minimum absolute atomic E-state index is 0.0284. The van der Waals surface area contributed by atoms with E-state index < -0.39 is 0 Å². The summed E-state index contributed by atoms with van der Waals surface area (Å²) in [6.07, 6.45) is 4.74. The Morgan fingerprint density at radius 2 is 2.38 bits per heavy atom. The number of aryl methyl sites for hydroxylation is 1. The molecule has 3 rings (SSSR count). The Morgan fingerprint density at radius 1 is 1.58 bits per heavy atom. The van der Waals surface area contributed by atoms with Gasteiger partial charge < -0.3 is 4.74 Å². The van der Waals surface area contributed by atoms with Crippen molar-refractivity contribution in [3.05, 3.63) is 33.4 Å². The minimum Gasteiger partial charge on any atom is -0.468 e. The van der Waals surface area contributed by atoms with Gasteiger partial charge in [-0.05, 0) is 30.7 Å². The van der Waals surface area contributed by atoms with E-state index in [-0.39, 0.29) is 17.3 Å². The van der Waals surface area contributed by atoms with E-state index in [1.807, 2.05) is 0 Å². The molecule has 5 nitrogen and oxygen atoms in total. The smallest absolute Gasteiger partial charge is 0.316 e. The number of esters is 1. The fraction of sp³-hybridized carbons (Fsp3) is 0.471. The number of ether oxygens (including phenoxy) is 1. The topological polar surface area (TPSA) is 61.2 Å². The molecule has 2 heterocycles. The maximum absolute atomic E-state index is 13.0. The second-order valence-corrected chi connectivity index (χ2v) is 8.02. The monoisotopic (exact) mass is 364 g/mol. The second-order valence-electron chi connectivity index (χ2n) is 6.00. The van der Waals surface area contributed by atoms with E-state index in [0.717, 1.165) is 29.5 Å². The first-order chi connectivity index (χ1) is 11.5. The lowest BCUT2D eigenvalue weighted by Gasteiger charge is -2.17. The highest BCUT2D eigenvalue weighted by atomic mass is 32.2. The molecule has 0 fully saturated rings. The van der Waals surface area contributed by atoms with Crippen LogP contribution in [0.5, 0.6) is 0 Å². The van der Waals surface area contributed by atoms with Crippen LogP contribution in [0.15, 0.2) is 22.6 Å². The van der Waals surface area contributed by atoms with E-state index in [9.17, 15) is 9.59 Å². The van der Waals surface area contributed by atoms with Gasteiger partial charge in [0.1, 0.15) is 4.83 Å². The number of hydrogen-bond acceptors (Lipinski definition) is 6. The molecule has 0 aliphatic heterocycles. The van der Waals surface area contributed by atoms with E-state index in [1.165, 1.54) is 29.3 Å². The molecule has 1 aliphatic rings. The molecule has 0 N–H and O–H groups in total. The third-order valence-corrected chi connectivity index (χ3v) is 6.34. The van der Waals surface area contributed by atoms with Gasteiger partial charge in [0.15, 0.2) is 5.16 Å². The van der Waals surface area contributed by atoms with E-state index in [2.05, 4.69) is 23.2 Å². The van der Waals surface area contributed by atoms with Gasteiger partial charge in [0.2, 0.25) is 0 Å². The molecule has 128 valence electrons. The van der Waals surface area contributed by atoms with Crippen LogP contribution in [0.1, 0.15) is 23.8 Å². The maximum Gasteiger partial charge on any atom is 0.316 e. The van der Waals surface area contributed by atoms with Crippen LogP contribution in [0.25, 0.3) is 10.2 Å². The van der Waals surface area contributed by atoms with Crippen LogP contribution in [0.2, 0.25) is 0 Å². The molecule has 0 amide bonds. The van der Waals surface area contributed by atoms with Crippen molar-refractivity contribution in [3.8, 4) is 0 Å². The van der Waals surface area contributed by atoms with Crippen molar-refractivity contribution in [1.82, 2.24) is 9.55 Å². The molecule has 0 radical (unpaired) electrons. The normalized spacial score (nSPS) is 16.8. The summed E-state index contributed by atoms with van der Waals surface area (Å²) in [6.45, 7) is 6.35. The van der Waals surface area contributed by atoms with Gasteiger partial charge >= 0.3 is 5.97 Å². The van der Waals surface area contributed by atoms with Crippen LogP contribution in [0, 0.1) is 5.92 Å². The summed E-state index contributed by atoms with van der Waals surface area (Å²) in [4.78, 5) is 31.2. The number of thioether (sulfide) groups is 1. The SMILES string of the molecule is C=CCn1c(SCC(=O)OC)nc2sc3c(c2c1=O)CC[C@@H](C)C3. The molecule has 0 unspecified atom stereocenters. The highest BCUT2D eigenvalue weighted by molar-refractivity contribution is 7.99. The molecule has 0 aromatic carbocycles. The van der Waals surface area contributed by atoms with Gasteiger partial charge in [0.05, 0.1) is 18.2 Å². The van der Waals surface area contributed by atoms with E-state index >= 15 is 0 Å². The van der Waals surface area contributed by atoms with Gasteiger partial charge in [-0.1, -0.05) is 24.8 Å². The Hall–Kier alpha value is -1.60. The predicted molar refractivity (Wildman–Crippen MR) is 98.0 cm³/mol.